The van der Waals surface area contributed by atoms with Gasteiger partial charge in [-0.3, -0.25) is 4.79 Å². The molecule has 0 aromatic heterocycles. The molecule has 156 valence electrons. The number of sulfonamides is 1. The molecule has 2 aliphatic rings. The maximum absolute atomic E-state index is 12.4. The number of rotatable bonds is 8. The van der Waals surface area contributed by atoms with Crippen molar-refractivity contribution in [3.63, 3.8) is 0 Å². The van der Waals surface area contributed by atoms with Gasteiger partial charge in [-0.05, 0) is 81.8 Å². The van der Waals surface area contributed by atoms with E-state index in [0.717, 1.165) is 51.9 Å². The fourth-order valence-electron chi connectivity index (χ4n) is 4.04. The Hall–Kier alpha value is -1.15. The molecule has 0 spiro atoms. The lowest BCUT2D eigenvalue weighted by Crippen LogP contribution is -2.39. The van der Waals surface area contributed by atoms with Crippen LogP contribution in [0, 0.1) is 11.8 Å². The molecule has 0 atom stereocenters. The van der Waals surface area contributed by atoms with Crippen molar-refractivity contribution < 1.29 is 13.2 Å². The van der Waals surface area contributed by atoms with E-state index in [4.69, 9.17) is 11.6 Å². The molecule has 2 N–H and O–H groups in total. The normalized spacial score (nSPS) is 23.6. The topological polar surface area (TPSA) is 78.5 Å². The molecule has 1 aromatic carbocycles. The van der Waals surface area contributed by atoms with Crippen molar-refractivity contribution >= 4 is 27.5 Å². The van der Waals surface area contributed by atoms with Crippen molar-refractivity contribution in [1.29, 1.82) is 0 Å². The van der Waals surface area contributed by atoms with Gasteiger partial charge in [-0.2, -0.15) is 0 Å². The predicted octanol–water partition coefficient (Wildman–Crippen LogP) is 2.64. The first-order chi connectivity index (χ1) is 13.4. The Morgan fingerprint density at radius 3 is 2.36 bits per heavy atom. The smallest absolute Gasteiger partial charge is 0.240 e. The highest BCUT2D eigenvalue weighted by atomic mass is 35.5. The van der Waals surface area contributed by atoms with Crippen LogP contribution in [0.5, 0.6) is 0 Å². The van der Waals surface area contributed by atoms with Crippen molar-refractivity contribution in [2.24, 2.45) is 11.8 Å². The first kappa shape index (κ1) is 21.6. The first-order valence-corrected chi connectivity index (χ1v) is 12.1. The van der Waals surface area contributed by atoms with Crippen molar-refractivity contribution in [3.05, 3.63) is 29.3 Å². The van der Waals surface area contributed by atoms with Crippen LogP contribution in [0.15, 0.2) is 29.2 Å². The molecule has 1 heterocycles. The van der Waals surface area contributed by atoms with E-state index in [9.17, 15) is 13.2 Å². The molecule has 1 saturated heterocycles. The average Bonchev–Trinajstić information content (AvgIpc) is 3.21. The molecule has 1 aliphatic carbocycles. The number of halogens is 1. The Bertz CT molecular complexity index is 740. The largest absolute Gasteiger partial charge is 0.355 e. The summed E-state index contributed by atoms with van der Waals surface area (Å²) in [5, 5.41) is 3.58. The monoisotopic (exact) mass is 427 g/mol. The summed E-state index contributed by atoms with van der Waals surface area (Å²) in [5.74, 6) is 0.484. The molecular weight excluding hydrogens is 398 g/mol. The molecule has 0 bridgehead atoms. The van der Waals surface area contributed by atoms with E-state index in [2.05, 4.69) is 14.9 Å². The van der Waals surface area contributed by atoms with Crippen LogP contribution >= 0.6 is 11.6 Å². The van der Waals surface area contributed by atoms with Crippen LogP contribution in [-0.2, 0) is 14.8 Å². The summed E-state index contributed by atoms with van der Waals surface area (Å²) in [6.45, 7) is 4.36. The zero-order valence-corrected chi connectivity index (χ0v) is 17.8. The van der Waals surface area contributed by atoms with Crippen LogP contribution in [0.3, 0.4) is 0 Å². The number of hydrogen-bond donors (Lipinski definition) is 2. The third kappa shape index (κ3) is 6.17. The van der Waals surface area contributed by atoms with Crippen LogP contribution in [-0.4, -0.2) is 51.9 Å². The number of hydrogen-bond acceptors (Lipinski definition) is 4. The summed E-state index contributed by atoms with van der Waals surface area (Å²) < 4.78 is 27.4. The molecule has 8 heteroatoms. The fraction of sp³-hybridized carbons (Fsp3) is 0.650. The van der Waals surface area contributed by atoms with Crippen LogP contribution < -0.4 is 10.0 Å². The van der Waals surface area contributed by atoms with E-state index in [0.29, 0.717) is 11.6 Å². The molecule has 0 radical (unpaired) electrons. The lowest BCUT2D eigenvalue weighted by Gasteiger charge is -2.28. The zero-order chi connectivity index (χ0) is 20.0. The number of amides is 1. The van der Waals surface area contributed by atoms with Crippen molar-refractivity contribution in [2.45, 2.75) is 43.4 Å². The zero-order valence-electron chi connectivity index (χ0n) is 16.2. The predicted molar refractivity (Wildman–Crippen MR) is 111 cm³/mol. The number of nitrogens with zero attached hydrogens (tertiary/aromatic N) is 1. The number of nitrogens with one attached hydrogen (secondary N) is 2. The standard InChI is InChI=1S/C20H30ClN3O3S/c21-18-7-9-19(10-8-18)28(26,27)23-15-16-3-5-17(6-4-16)20(25)22-11-14-24-12-1-2-13-24/h7-10,16-17,23H,1-6,11-15H2,(H,22,25). The van der Waals surface area contributed by atoms with Gasteiger partial charge >= 0.3 is 0 Å². The van der Waals surface area contributed by atoms with Crippen LogP contribution in [0.1, 0.15) is 38.5 Å². The first-order valence-electron chi connectivity index (χ1n) is 10.2. The highest BCUT2D eigenvalue weighted by Gasteiger charge is 2.27. The van der Waals surface area contributed by atoms with Crippen LogP contribution in [0.4, 0.5) is 0 Å². The van der Waals surface area contributed by atoms with Gasteiger partial charge in [0.1, 0.15) is 0 Å². The van der Waals surface area contributed by atoms with E-state index >= 15 is 0 Å². The van der Waals surface area contributed by atoms with Crippen molar-refractivity contribution in [3.8, 4) is 0 Å². The third-order valence-corrected chi connectivity index (χ3v) is 7.52. The quantitative estimate of drug-likeness (QED) is 0.668. The molecule has 0 unspecified atom stereocenters. The maximum atomic E-state index is 12.4. The molecule has 1 saturated carbocycles. The number of benzene rings is 1. The molecule has 3 rings (SSSR count). The van der Waals surface area contributed by atoms with Gasteiger partial charge < -0.3 is 10.2 Å². The second-order valence-corrected chi connectivity index (χ2v) is 10.1. The number of likely N-dealkylation sites (tertiary alicyclic amines) is 1. The second kappa shape index (κ2) is 10.1. The van der Waals surface area contributed by atoms with Gasteiger partial charge in [0, 0.05) is 30.6 Å². The van der Waals surface area contributed by atoms with E-state index in [1.54, 1.807) is 12.1 Å². The summed E-state index contributed by atoms with van der Waals surface area (Å²) in [7, 11) is -3.52. The highest BCUT2D eigenvalue weighted by molar-refractivity contribution is 7.89. The number of carbonyl (C=O) groups is 1. The van der Waals surface area contributed by atoms with E-state index in [-0.39, 0.29) is 22.6 Å². The minimum absolute atomic E-state index is 0.0581. The Kier molecular flexibility index (Phi) is 7.74. The Morgan fingerprint density at radius 2 is 1.71 bits per heavy atom. The summed E-state index contributed by atoms with van der Waals surface area (Å²) in [4.78, 5) is 15.0. The third-order valence-electron chi connectivity index (χ3n) is 5.83. The Morgan fingerprint density at radius 1 is 1.07 bits per heavy atom. The lowest BCUT2D eigenvalue weighted by molar-refractivity contribution is -0.126. The van der Waals surface area contributed by atoms with Gasteiger partial charge in [0.2, 0.25) is 15.9 Å². The molecule has 1 aromatic rings. The van der Waals surface area contributed by atoms with Gasteiger partial charge in [-0.25, -0.2) is 13.1 Å². The molecule has 1 amide bonds. The molecule has 1 aliphatic heterocycles. The van der Waals surface area contributed by atoms with Gasteiger partial charge in [0.15, 0.2) is 0 Å². The van der Waals surface area contributed by atoms with Gasteiger partial charge in [-0.1, -0.05) is 11.6 Å². The average molecular weight is 428 g/mol. The Balaban J connectivity index is 1.36. The van der Waals surface area contributed by atoms with Gasteiger partial charge in [-0.15, -0.1) is 0 Å². The Labute approximate surface area is 173 Å². The minimum atomic E-state index is -3.52. The lowest BCUT2D eigenvalue weighted by atomic mass is 9.81. The summed E-state index contributed by atoms with van der Waals surface area (Å²) in [6.07, 6.45) is 5.91. The highest BCUT2D eigenvalue weighted by Crippen LogP contribution is 2.29. The fourth-order valence-corrected chi connectivity index (χ4v) is 5.28. The number of carbonyl (C=O) groups excluding carboxylic acids is 1. The maximum Gasteiger partial charge on any atom is 0.240 e. The molecule has 6 nitrogen and oxygen atoms in total. The SMILES string of the molecule is O=C(NCCN1CCCC1)C1CCC(CNS(=O)(=O)c2ccc(Cl)cc2)CC1. The van der Waals surface area contributed by atoms with Crippen LogP contribution in [0.25, 0.3) is 0 Å². The van der Waals surface area contributed by atoms with E-state index < -0.39 is 10.0 Å². The van der Waals surface area contributed by atoms with E-state index in [1.165, 1.54) is 25.0 Å². The summed E-state index contributed by atoms with van der Waals surface area (Å²) in [6, 6.07) is 6.16. The van der Waals surface area contributed by atoms with Gasteiger partial charge in [0.05, 0.1) is 4.90 Å². The van der Waals surface area contributed by atoms with E-state index in [1.807, 2.05) is 0 Å². The summed E-state index contributed by atoms with van der Waals surface area (Å²) in [5.41, 5.74) is 0. The van der Waals surface area contributed by atoms with Crippen molar-refractivity contribution in [1.82, 2.24) is 14.9 Å². The summed E-state index contributed by atoms with van der Waals surface area (Å²) >= 11 is 5.81. The molecular formula is C20H30ClN3O3S. The molecule has 28 heavy (non-hydrogen) atoms. The minimum Gasteiger partial charge on any atom is -0.355 e. The molecule has 2 fully saturated rings. The van der Waals surface area contributed by atoms with Crippen molar-refractivity contribution in [2.75, 3.05) is 32.7 Å². The van der Waals surface area contributed by atoms with Crippen LogP contribution in [0.2, 0.25) is 5.02 Å². The van der Waals surface area contributed by atoms with Gasteiger partial charge in [0.25, 0.3) is 0 Å². The second-order valence-electron chi connectivity index (χ2n) is 7.86.